The van der Waals surface area contributed by atoms with Gasteiger partial charge in [-0.2, -0.15) is 0 Å². The van der Waals surface area contributed by atoms with E-state index in [1.54, 1.807) is 13.3 Å². The highest BCUT2D eigenvalue weighted by Crippen LogP contribution is 2.38. The van der Waals surface area contributed by atoms with Crippen LogP contribution in [0.4, 0.5) is 0 Å². The van der Waals surface area contributed by atoms with E-state index in [2.05, 4.69) is 10.3 Å². The van der Waals surface area contributed by atoms with Crippen LogP contribution in [0.15, 0.2) is 36.5 Å². The number of fused-ring (bicyclic) bond motifs is 1. The standard InChI is InChI=1S/C21H26N4O3/c1-28-13-5-10-22-20(26)17-14-24-11-12-25(21(27)16-8-9-16)18(19(24)23-17)15-6-3-2-4-7-15/h2-4,6-7,14,16,18H,5,8-13H2,1H3,(H,22,26). The predicted molar refractivity (Wildman–Crippen MR) is 104 cm³/mol. The molecular formula is C21H26N4O3. The lowest BCUT2D eigenvalue weighted by Crippen LogP contribution is -2.43. The van der Waals surface area contributed by atoms with E-state index >= 15 is 0 Å². The molecule has 1 unspecified atom stereocenters. The number of rotatable bonds is 7. The van der Waals surface area contributed by atoms with Crippen molar-refractivity contribution in [2.24, 2.45) is 5.92 Å². The molecule has 7 nitrogen and oxygen atoms in total. The molecule has 0 spiro atoms. The van der Waals surface area contributed by atoms with E-state index in [9.17, 15) is 9.59 Å². The summed E-state index contributed by atoms with van der Waals surface area (Å²) in [4.78, 5) is 32.0. The fourth-order valence-corrected chi connectivity index (χ4v) is 3.70. The van der Waals surface area contributed by atoms with E-state index in [1.807, 2.05) is 39.8 Å². The third-order valence-corrected chi connectivity index (χ3v) is 5.31. The molecule has 148 valence electrons. The number of imidazole rings is 1. The van der Waals surface area contributed by atoms with E-state index in [0.29, 0.717) is 31.9 Å². The highest BCUT2D eigenvalue weighted by atomic mass is 16.5. The van der Waals surface area contributed by atoms with Gasteiger partial charge in [0.2, 0.25) is 5.91 Å². The number of carbonyl (C=O) groups excluding carboxylic acids is 2. The average Bonchev–Trinajstić information content (AvgIpc) is 3.48. The third kappa shape index (κ3) is 3.80. The monoisotopic (exact) mass is 382 g/mol. The van der Waals surface area contributed by atoms with Gasteiger partial charge in [-0.15, -0.1) is 0 Å². The van der Waals surface area contributed by atoms with Gasteiger partial charge in [-0.05, 0) is 24.8 Å². The van der Waals surface area contributed by atoms with Gasteiger partial charge in [0.25, 0.3) is 5.91 Å². The number of methoxy groups -OCH3 is 1. The summed E-state index contributed by atoms with van der Waals surface area (Å²) in [5.74, 6) is 0.920. The Labute approximate surface area is 164 Å². The Morgan fingerprint density at radius 3 is 2.71 bits per heavy atom. The SMILES string of the molecule is COCCCNC(=O)c1cn2c(n1)C(c1ccccc1)N(C(=O)C1CC1)CC2. The maximum Gasteiger partial charge on any atom is 0.271 e. The van der Waals surface area contributed by atoms with Crippen LogP contribution in [0.2, 0.25) is 0 Å². The molecule has 0 radical (unpaired) electrons. The molecule has 0 bridgehead atoms. The van der Waals surface area contributed by atoms with Crippen molar-refractivity contribution in [2.75, 3.05) is 26.8 Å². The average molecular weight is 382 g/mol. The molecule has 4 rings (SSSR count). The largest absolute Gasteiger partial charge is 0.385 e. The maximum atomic E-state index is 12.9. The van der Waals surface area contributed by atoms with Crippen molar-refractivity contribution < 1.29 is 14.3 Å². The molecule has 7 heteroatoms. The Morgan fingerprint density at radius 1 is 1.21 bits per heavy atom. The molecule has 1 atom stereocenters. The van der Waals surface area contributed by atoms with E-state index in [4.69, 9.17) is 4.74 Å². The number of benzene rings is 1. The Hall–Kier alpha value is -2.67. The van der Waals surface area contributed by atoms with Crippen LogP contribution in [0, 0.1) is 5.92 Å². The highest BCUT2D eigenvalue weighted by molar-refractivity contribution is 5.92. The van der Waals surface area contributed by atoms with Crippen LogP contribution >= 0.6 is 0 Å². The summed E-state index contributed by atoms with van der Waals surface area (Å²) in [5, 5.41) is 2.88. The molecule has 1 aromatic heterocycles. The summed E-state index contributed by atoms with van der Waals surface area (Å²) in [5.41, 5.74) is 1.42. The van der Waals surface area contributed by atoms with E-state index in [-0.39, 0.29) is 23.8 Å². The van der Waals surface area contributed by atoms with Gasteiger partial charge in [-0.1, -0.05) is 30.3 Å². The molecule has 1 N–H and O–H groups in total. The van der Waals surface area contributed by atoms with Crippen LogP contribution in [0.1, 0.15) is 47.2 Å². The minimum Gasteiger partial charge on any atom is -0.385 e. The first-order chi connectivity index (χ1) is 13.7. The van der Waals surface area contributed by atoms with E-state index in [0.717, 1.165) is 30.7 Å². The van der Waals surface area contributed by atoms with Crippen molar-refractivity contribution in [1.82, 2.24) is 19.8 Å². The van der Waals surface area contributed by atoms with Gasteiger partial charge in [-0.3, -0.25) is 9.59 Å². The van der Waals surface area contributed by atoms with Crippen molar-refractivity contribution in [2.45, 2.75) is 31.8 Å². The normalized spacial score (nSPS) is 18.6. The number of carbonyl (C=O) groups is 2. The quantitative estimate of drug-likeness (QED) is 0.743. The van der Waals surface area contributed by atoms with Gasteiger partial charge >= 0.3 is 0 Å². The lowest BCUT2D eigenvalue weighted by Gasteiger charge is -2.36. The molecule has 0 saturated heterocycles. The van der Waals surface area contributed by atoms with Crippen molar-refractivity contribution in [1.29, 1.82) is 0 Å². The number of ether oxygens (including phenoxy) is 1. The smallest absolute Gasteiger partial charge is 0.271 e. The summed E-state index contributed by atoms with van der Waals surface area (Å²) >= 11 is 0. The highest BCUT2D eigenvalue weighted by Gasteiger charge is 2.40. The lowest BCUT2D eigenvalue weighted by atomic mass is 10.0. The second-order valence-corrected chi connectivity index (χ2v) is 7.40. The summed E-state index contributed by atoms with van der Waals surface area (Å²) in [6.07, 6.45) is 4.50. The zero-order valence-electron chi connectivity index (χ0n) is 16.1. The zero-order valence-corrected chi connectivity index (χ0v) is 16.1. The van der Waals surface area contributed by atoms with Gasteiger partial charge in [-0.25, -0.2) is 4.98 Å². The first-order valence-electron chi connectivity index (χ1n) is 9.88. The molecular weight excluding hydrogens is 356 g/mol. The Balaban J connectivity index is 1.60. The van der Waals surface area contributed by atoms with E-state index < -0.39 is 0 Å². The van der Waals surface area contributed by atoms with Crippen LogP contribution in [-0.4, -0.2) is 53.1 Å². The first-order valence-corrected chi connectivity index (χ1v) is 9.88. The first kappa shape index (κ1) is 18.7. The van der Waals surface area contributed by atoms with Crippen LogP contribution < -0.4 is 5.32 Å². The second kappa shape index (κ2) is 8.14. The topological polar surface area (TPSA) is 76.5 Å². The molecule has 2 aliphatic rings. The zero-order chi connectivity index (χ0) is 19.5. The minimum absolute atomic E-state index is 0.149. The number of hydrogen-bond donors (Lipinski definition) is 1. The maximum absolute atomic E-state index is 12.9. The summed E-state index contributed by atoms with van der Waals surface area (Å²) in [6.45, 7) is 2.44. The lowest BCUT2D eigenvalue weighted by molar-refractivity contribution is -0.135. The summed E-state index contributed by atoms with van der Waals surface area (Å²) < 4.78 is 7.02. The van der Waals surface area contributed by atoms with Crippen molar-refractivity contribution in [3.8, 4) is 0 Å². The number of hydrogen-bond acceptors (Lipinski definition) is 4. The Bertz CT molecular complexity index is 845. The molecule has 28 heavy (non-hydrogen) atoms. The van der Waals surface area contributed by atoms with Crippen LogP contribution in [0.3, 0.4) is 0 Å². The predicted octanol–water partition coefficient (Wildman–Crippen LogP) is 1.99. The molecule has 2 aromatic rings. The number of nitrogens with one attached hydrogen (secondary N) is 1. The van der Waals surface area contributed by atoms with Crippen LogP contribution in [0.5, 0.6) is 0 Å². The molecule has 1 saturated carbocycles. The van der Waals surface area contributed by atoms with Crippen molar-refractivity contribution in [3.63, 3.8) is 0 Å². The number of amides is 2. The molecule has 1 aliphatic heterocycles. The van der Waals surface area contributed by atoms with Gasteiger partial charge < -0.3 is 19.5 Å². The second-order valence-electron chi connectivity index (χ2n) is 7.40. The third-order valence-electron chi connectivity index (χ3n) is 5.31. The molecule has 1 aliphatic carbocycles. The van der Waals surface area contributed by atoms with Gasteiger partial charge in [0.15, 0.2) is 0 Å². The molecule has 1 fully saturated rings. The van der Waals surface area contributed by atoms with Crippen LogP contribution in [-0.2, 0) is 16.1 Å². The van der Waals surface area contributed by atoms with Gasteiger partial charge in [0, 0.05) is 45.5 Å². The number of aromatic nitrogens is 2. The molecule has 1 aromatic carbocycles. The van der Waals surface area contributed by atoms with Crippen LogP contribution in [0.25, 0.3) is 0 Å². The van der Waals surface area contributed by atoms with Gasteiger partial charge in [0.1, 0.15) is 17.6 Å². The Morgan fingerprint density at radius 2 is 2.00 bits per heavy atom. The summed E-state index contributed by atoms with van der Waals surface area (Å²) in [7, 11) is 1.64. The number of nitrogens with zero attached hydrogens (tertiary/aromatic N) is 3. The summed E-state index contributed by atoms with van der Waals surface area (Å²) in [6, 6.07) is 9.70. The molecule has 2 heterocycles. The van der Waals surface area contributed by atoms with Crippen molar-refractivity contribution >= 4 is 11.8 Å². The fourth-order valence-electron chi connectivity index (χ4n) is 3.70. The fraction of sp³-hybridized carbons (Fsp3) is 0.476. The minimum atomic E-state index is -0.252. The van der Waals surface area contributed by atoms with Crippen molar-refractivity contribution in [3.05, 3.63) is 53.6 Å². The van der Waals surface area contributed by atoms with Gasteiger partial charge in [0.05, 0.1) is 0 Å². The Kier molecular flexibility index (Phi) is 5.43. The van der Waals surface area contributed by atoms with E-state index in [1.165, 1.54) is 0 Å². The molecule has 2 amide bonds.